The minimum Gasteiger partial charge on any atom is -0.462 e. The highest BCUT2D eigenvalue weighted by Gasteiger charge is 2.03. The third kappa shape index (κ3) is 2.99. The largest absolute Gasteiger partial charge is 0.462 e. The van der Waals surface area contributed by atoms with Crippen molar-refractivity contribution in [2.75, 3.05) is 5.32 Å². The molecule has 1 aromatic carbocycles. The van der Waals surface area contributed by atoms with Crippen LogP contribution in [0.3, 0.4) is 0 Å². The summed E-state index contributed by atoms with van der Waals surface area (Å²) in [5.74, 6) is 0.756. The van der Waals surface area contributed by atoms with Crippen LogP contribution in [0.2, 0.25) is 5.02 Å². The molecule has 0 atom stereocenters. The molecule has 0 spiro atoms. The zero-order chi connectivity index (χ0) is 12.3. The molecule has 90 valence electrons. The molecule has 0 unspecified atom stereocenters. The number of rotatable bonds is 4. The minimum absolute atomic E-state index is 0.0745. The van der Waals surface area contributed by atoms with Gasteiger partial charge in [0, 0.05) is 5.69 Å². The highest BCUT2D eigenvalue weighted by Crippen LogP contribution is 2.20. The molecule has 17 heavy (non-hydrogen) atoms. The van der Waals surface area contributed by atoms with Crippen molar-refractivity contribution in [1.82, 2.24) is 0 Å². The van der Waals surface area contributed by atoms with Crippen molar-refractivity contribution in [2.24, 2.45) is 0 Å². The van der Waals surface area contributed by atoms with Crippen LogP contribution < -0.4 is 5.32 Å². The first kappa shape index (κ1) is 12.0. The molecule has 2 rings (SSSR count). The summed E-state index contributed by atoms with van der Waals surface area (Å²) < 4.78 is 18.2. The van der Waals surface area contributed by atoms with Crippen molar-refractivity contribution in [3.63, 3.8) is 0 Å². The molecule has 0 aliphatic carbocycles. The Balaban J connectivity index is 1.99. The summed E-state index contributed by atoms with van der Waals surface area (Å²) in [5.41, 5.74) is 0.707. The summed E-state index contributed by atoms with van der Waals surface area (Å²) >= 11 is 5.65. The van der Waals surface area contributed by atoms with Gasteiger partial charge in [-0.1, -0.05) is 11.6 Å². The van der Waals surface area contributed by atoms with Crippen LogP contribution in [-0.4, -0.2) is 5.11 Å². The van der Waals surface area contributed by atoms with Gasteiger partial charge in [0.25, 0.3) is 0 Å². The molecule has 0 amide bonds. The van der Waals surface area contributed by atoms with E-state index in [0.29, 0.717) is 23.8 Å². The smallest absolute Gasteiger partial charge is 0.141 e. The second kappa shape index (κ2) is 5.21. The number of aliphatic hydroxyl groups is 1. The number of furan rings is 1. The molecular weight excluding hydrogens is 245 g/mol. The lowest BCUT2D eigenvalue weighted by Crippen LogP contribution is -1.98. The van der Waals surface area contributed by atoms with E-state index < -0.39 is 5.82 Å². The first-order valence-electron chi connectivity index (χ1n) is 5.06. The predicted molar refractivity (Wildman–Crippen MR) is 63.4 cm³/mol. The van der Waals surface area contributed by atoms with E-state index in [1.165, 1.54) is 12.1 Å². The van der Waals surface area contributed by atoms with E-state index in [1.807, 2.05) is 0 Å². The fraction of sp³-hybridized carbons (Fsp3) is 0.167. The van der Waals surface area contributed by atoms with E-state index >= 15 is 0 Å². The normalized spacial score (nSPS) is 10.5. The van der Waals surface area contributed by atoms with Gasteiger partial charge in [-0.3, -0.25) is 0 Å². The Morgan fingerprint density at radius 3 is 2.65 bits per heavy atom. The van der Waals surface area contributed by atoms with E-state index in [2.05, 4.69) is 5.32 Å². The highest BCUT2D eigenvalue weighted by molar-refractivity contribution is 6.31. The number of aliphatic hydroxyl groups excluding tert-OH is 1. The van der Waals surface area contributed by atoms with Crippen molar-refractivity contribution in [3.05, 3.63) is 52.7 Å². The number of hydrogen-bond donors (Lipinski definition) is 2. The molecule has 5 heteroatoms. The summed E-state index contributed by atoms with van der Waals surface area (Å²) in [5, 5.41) is 11.9. The van der Waals surface area contributed by atoms with Crippen LogP contribution in [0.1, 0.15) is 11.5 Å². The number of benzene rings is 1. The van der Waals surface area contributed by atoms with Crippen LogP contribution in [-0.2, 0) is 13.2 Å². The Morgan fingerprint density at radius 2 is 2.00 bits per heavy atom. The van der Waals surface area contributed by atoms with Crippen LogP contribution in [0.5, 0.6) is 0 Å². The standard InChI is InChI=1S/C12H11ClFNO2/c13-11-5-8(1-4-12(11)14)15-6-9-2-3-10(7-16)17-9/h1-5,15-16H,6-7H2. The summed E-state index contributed by atoms with van der Waals surface area (Å²) in [7, 11) is 0. The van der Waals surface area contributed by atoms with Gasteiger partial charge in [0.05, 0.1) is 11.6 Å². The van der Waals surface area contributed by atoms with E-state index in [1.54, 1.807) is 18.2 Å². The van der Waals surface area contributed by atoms with E-state index in [-0.39, 0.29) is 11.6 Å². The van der Waals surface area contributed by atoms with Crippen LogP contribution >= 0.6 is 11.6 Å². The average Bonchev–Trinajstić information content (AvgIpc) is 2.79. The van der Waals surface area contributed by atoms with Gasteiger partial charge in [0.2, 0.25) is 0 Å². The van der Waals surface area contributed by atoms with E-state index in [9.17, 15) is 4.39 Å². The molecule has 0 bridgehead atoms. The summed E-state index contributed by atoms with van der Waals surface area (Å²) in [4.78, 5) is 0. The lowest BCUT2D eigenvalue weighted by molar-refractivity contribution is 0.244. The van der Waals surface area contributed by atoms with Crippen molar-refractivity contribution in [1.29, 1.82) is 0 Å². The maximum absolute atomic E-state index is 12.9. The molecule has 1 heterocycles. The Labute approximate surface area is 103 Å². The monoisotopic (exact) mass is 255 g/mol. The number of anilines is 1. The Kier molecular flexibility index (Phi) is 3.66. The molecule has 3 nitrogen and oxygen atoms in total. The second-order valence-corrected chi connectivity index (χ2v) is 3.92. The van der Waals surface area contributed by atoms with Gasteiger partial charge < -0.3 is 14.8 Å². The van der Waals surface area contributed by atoms with Crippen molar-refractivity contribution in [3.8, 4) is 0 Å². The Morgan fingerprint density at radius 1 is 1.24 bits per heavy atom. The van der Waals surface area contributed by atoms with Gasteiger partial charge in [-0.25, -0.2) is 4.39 Å². The summed E-state index contributed by atoms with van der Waals surface area (Å²) in [6, 6.07) is 7.87. The molecule has 0 saturated heterocycles. The SMILES string of the molecule is OCc1ccc(CNc2ccc(F)c(Cl)c2)o1. The number of halogens is 2. The quantitative estimate of drug-likeness (QED) is 0.882. The fourth-order valence-corrected chi connectivity index (χ4v) is 1.58. The number of hydrogen-bond acceptors (Lipinski definition) is 3. The Hall–Kier alpha value is -1.52. The van der Waals surface area contributed by atoms with Crippen LogP contribution in [0.4, 0.5) is 10.1 Å². The molecule has 1 aromatic heterocycles. The zero-order valence-electron chi connectivity index (χ0n) is 8.91. The number of nitrogens with one attached hydrogen (secondary N) is 1. The van der Waals surface area contributed by atoms with Gasteiger partial charge in [-0.15, -0.1) is 0 Å². The van der Waals surface area contributed by atoms with Crippen molar-refractivity contribution >= 4 is 17.3 Å². The molecule has 0 fully saturated rings. The first-order chi connectivity index (χ1) is 8.19. The summed E-state index contributed by atoms with van der Waals surface area (Å²) in [6.45, 7) is 0.324. The zero-order valence-corrected chi connectivity index (χ0v) is 9.67. The molecule has 0 aliphatic heterocycles. The van der Waals surface area contributed by atoms with E-state index in [0.717, 1.165) is 0 Å². The van der Waals surface area contributed by atoms with Crippen molar-refractivity contribution in [2.45, 2.75) is 13.2 Å². The predicted octanol–water partition coefficient (Wildman–Crippen LogP) is 3.18. The molecule has 0 saturated carbocycles. The molecule has 0 aliphatic rings. The first-order valence-corrected chi connectivity index (χ1v) is 5.44. The van der Waals surface area contributed by atoms with Crippen molar-refractivity contribution < 1.29 is 13.9 Å². The van der Waals surface area contributed by atoms with Gasteiger partial charge in [0.1, 0.15) is 23.9 Å². The second-order valence-electron chi connectivity index (χ2n) is 3.51. The van der Waals surface area contributed by atoms with Crippen LogP contribution in [0.25, 0.3) is 0 Å². The fourth-order valence-electron chi connectivity index (χ4n) is 1.40. The molecule has 2 N–H and O–H groups in total. The minimum atomic E-state index is -0.446. The maximum atomic E-state index is 12.9. The Bertz CT molecular complexity index is 513. The average molecular weight is 256 g/mol. The lowest BCUT2D eigenvalue weighted by Gasteiger charge is -2.05. The van der Waals surface area contributed by atoms with Gasteiger partial charge in [0.15, 0.2) is 0 Å². The van der Waals surface area contributed by atoms with E-state index in [4.69, 9.17) is 21.1 Å². The molecule has 2 aromatic rings. The third-order valence-electron chi connectivity index (χ3n) is 2.26. The lowest BCUT2D eigenvalue weighted by atomic mass is 10.3. The molecular formula is C12H11ClFNO2. The highest BCUT2D eigenvalue weighted by atomic mass is 35.5. The summed E-state index contributed by atoms with van der Waals surface area (Å²) in [6.07, 6.45) is 0. The molecule has 0 radical (unpaired) electrons. The van der Waals surface area contributed by atoms with Gasteiger partial charge >= 0.3 is 0 Å². The van der Waals surface area contributed by atoms with Gasteiger partial charge in [-0.05, 0) is 30.3 Å². The van der Waals surface area contributed by atoms with Crippen LogP contribution in [0, 0.1) is 5.82 Å². The van der Waals surface area contributed by atoms with Gasteiger partial charge in [-0.2, -0.15) is 0 Å². The van der Waals surface area contributed by atoms with Crippen LogP contribution in [0.15, 0.2) is 34.7 Å². The maximum Gasteiger partial charge on any atom is 0.141 e. The topological polar surface area (TPSA) is 45.4 Å². The third-order valence-corrected chi connectivity index (χ3v) is 2.55.